The lowest BCUT2D eigenvalue weighted by atomic mass is 9.96. The fourth-order valence-electron chi connectivity index (χ4n) is 2.81. The topological polar surface area (TPSA) is 40.5 Å². The lowest BCUT2D eigenvalue weighted by Gasteiger charge is -2.37. The summed E-state index contributed by atoms with van der Waals surface area (Å²) in [5.41, 5.74) is -2.91. The van der Waals surface area contributed by atoms with Crippen LogP contribution in [-0.2, 0) is 6.54 Å². The van der Waals surface area contributed by atoms with Crippen molar-refractivity contribution in [1.29, 1.82) is 0 Å². The average Bonchev–Trinajstić information content (AvgIpc) is 2.60. The highest BCUT2D eigenvalue weighted by Gasteiger charge is 2.55. The summed E-state index contributed by atoms with van der Waals surface area (Å²) >= 11 is 0. The summed E-state index contributed by atoms with van der Waals surface area (Å²) in [5.74, 6) is -3.56. The molecule has 0 bridgehead atoms. The summed E-state index contributed by atoms with van der Waals surface area (Å²) in [6.07, 6.45) is -4.89. The van der Waals surface area contributed by atoms with Crippen LogP contribution >= 0.6 is 0 Å². The van der Waals surface area contributed by atoms with E-state index in [1.807, 2.05) is 0 Å². The Kier molecular flexibility index (Phi) is 3.72. The summed E-state index contributed by atoms with van der Waals surface area (Å²) in [6, 6.07) is -1.77. The van der Waals surface area contributed by atoms with Gasteiger partial charge in [-0.3, -0.25) is 4.79 Å². The number of rotatable bonds is 2. The Labute approximate surface area is 123 Å². The highest BCUT2D eigenvalue weighted by molar-refractivity contribution is 6.00. The van der Waals surface area contributed by atoms with Gasteiger partial charge >= 0.3 is 6.18 Å². The molecule has 1 aliphatic rings. The smallest absolute Gasteiger partial charge is 0.388 e. The third-order valence-electron chi connectivity index (χ3n) is 3.64. The molecule has 0 aromatic heterocycles. The fraction of sp³-hybridized carbons (Fsp3) is 0.500. The predicted octanol–water partition coefficient (Wildman–Crippen LogP) is 2.93. The summed E-state index contributed by atoms with van der Waals surface area (Å²) in [4.78, 5) is 12.6. The number of alkyl halides is 3. The molecule has 1 atom stereocenters. The predicted molar refractivity (Wildman–Crippen MR) is 67.1 cm³/mol. The zero-order valence-electron chi connectivity index (χ0n) is 12.1. The number of carbonyl (C=O) groups excluding carboxylic acids is 1. The van der Waals surface area contributed by atoms with Gasteiger partial charge in [-0.1, -0.05) is 0 Å². The number of halogens is 5. The zero-order chi connectivity index (χ0) is 17.0. The van der Waals surface area contributed by atoms with Gasteiger partial charge in [0, 0.05) is 12.1 Å². The summed E-state index contributed by atoms with van der Waals surface area (Å²) in [6.45, 7) is 2.44. The lowest BCUT2D eigenvalue weighted by molar-refractivity contribution is -0.219. The van der Waals surface area contributed by atoms with Crippen molar-refractivity contribution in [2.45, 2.75) is 45.1 Å². The van der Waals surface area contributed by atoms with Crippen molar-refractivity contribution < 1.29 is 31.9 Å². The van der Waals surface area contributed by atoms with Gasteiger partial charge in [-0.15, -0.1) is 0 Å². The van der Waals surface area contributed by atoms with Crippen LogP contribution in [0.25, 0.3) is 0 Å². The highest BCUT2D eigenvalue weighted by atomic mass is 19.4. The van der Waals surface area contributed by atoms with E-state index in [0.29, 0.717) is 11.0 Å². The zero-order valence-corrected chi connectivity index (χ0v) is 12.1. The van der Waals surface area contributed by atoms with Crippen LogP contribution in [0.3, 0.4) is 0 Å². The largest absolute Gasteiger partial charge is 0.411 e. The first-order valence-electron chi connectivity index (χ1n) is 6.43. The number of fused-ring (bicyclic) bond motifs is 1. The van der Waals surface area contributed by atoms with E-state index in [0.717, 1.165) is 20.8 Å². The monoisotopic (exact) mass is 323 g/mol. The molecule has 3 nitrogen and oxygen atoms in total. The standard InChI is InChI=1S/C14H14F5NO2/c1-6-9-7(4-8(15)10(6)16)5-20(11(9)21)12(13(2,3)22)14(17,18)19/h4,12,22H,5H2,1-3H3. The Bertz CT molecular complexity index is 620. The van der Waals surface area contributed by atoms with E-state index in [4.69, 9.17) is 0 Å². The normalized spacial score (nSPS) is 17.0. The maximum atomic E-state index is 13.5. The molecule has 1 N–H and O–H groups in total. The second-order valence-corrected chi connectivity index (χ2v) is 5.86. The molecule has 0 radical (unpaired) electrons. The Morgan fingerprint density at radius 1 is 1.27 bits per heavy atom. The van der Waals surface area contributed by atoms with E-state index >= 15 is 0 Å². The van der Waals surface area contributed by atoms with Crippen LogP contribution in [0, 0.1) is 18.6 Å². The molecule has 2 rings (SSSR count). The van der Waals surface area contributed by atoms with E-state index in [1.165, 1.54) is 0 Å². The van der Waals surface area contributed by atoms with Gasteiger partial charge in [0.2, 0.25) is 0 Å². The SMILES string of the molecule is Cc1c(F)c(F)cc2c1C(=O)N(C(C(C)(C)O)C(F)(F)F)C2. The molecule has 0 aliphatic carbocycles. The lowest BCUT2D eigenvalue weighted by Crippen LogP contribution is -2.57. The van der Waals surface area contributed by atoms with Crippen LogP contribution in [0.5, 0.6) is 0 Å². The molecular formula is C14H14F5NO2. The van der Waals surface area contributed by atoms with Crippen molar-refractivity contribution in [3.8, 4) is 0 Å². The number of hydrogen-bond donors (Lipinski definition) is 1. The summed E-state index contributed by atoms with van der Waals surface area (Å²) in [5, 5.41) is 9.79. The van der Waals surface area contributed by atoms with Crippen LogP contribution < -0.4 is 0 Å². The van der Waals surface area contributed by atoms with Gasteiger partial charge < -0.3 is 10.0 Å². The average molecular weight is 323 g/mol. The molecule has 1 aliphatic heterocycles. The van der Waals surface area contributed by atoms with Gasteiger partial charge in [0.05, 0.1) is 11.2 Å². The number of aliphatic hydroxyl groups is 1. The molecule has 1 aromatic carbocycles. The molecule has 0 saturated carbocycles. The van der Waals surface area contributed by atoms with Crippen LogP contribution in [0.4, 0.5) is 22.0 Å². The third-order valence-corrected chi connectivity index (χ3v) is 3.64. The minimum Gasteiger partial charge on any atom is -0.388 e. The molecule has 0 saturated heterocycles. The van der Waals surface area contributed by atoms with Gasteiger partial charge in [0.15, 0.2) is 17.7 Å². The van der Waals surface area contributed by atoms with Crippen LogP contribution in [0.15, 0.2) is 6.07 Å². The van der Waals surface area contributed by atoms with Crippen molar-refractivity contribution >= 4 is 5.91 Å². The first-order chi connectivity index (χ1) is 9.85. The van der Waals surface area contributed by atoms with Crippen molar-refractivity contribution in [3.05, 3.63) is 34.4 Å². The van der Waals surface area contributed by atoms with E-state index in [-0.39, 0.29) is 16.7 Å². The van der Waals surface area contributed by atoms with E-state index < -0.39 is 41.9 Å². The van der Waals surface area contributed by atoms with Crippen molar-refractivity contribution in [3.63, 3.8) is 0 Å². The first-order valence-corrected chi connectivity index (χ1v) is 6.43. The van der Waals surface area contributed by atoms with E-state index in [2.05, 4.69) is 0 Å². The van der Waals surface area contributed by atoms with E-state index in [1.54, 1.807) is 0 Å². The van der Waals surface area contributed by atoms with E-state index in [9.17, 15) is 31.9 Å². The van der Waals surface area contributed by atoms with Crippen LogP contribution in [0.1, 0.15) is 35.3 Å². The maximum absolute atomic E-state index is 13.5. The molecule has 0 spiro atoms. The van der Waals surface area contributed by atoms with Crippen molar-refractivity contribution in [2.75, 3.05) is 0 Å². The molecule has 22 heavy (non-hydrogen) atoms. The quantitative estimate of drug-likeness (QED) is 0.850. The van der Waals surface area contributed by atoms with Crippen molar-refractivity contribution in [1.82, 2.24) is 4.90 Å². The molecule has 0 fully saturated rings. The Balaban J connectivity index is 2.54. The minimum absolute atomic E-state index is 0.0279. The molecule has 1 unspecified atom stereocenters. The van der Waals surface area contributed by atoms with Gasteiger partial charge in [0.25, 0.3) is 5.91 Å². The third kappa shape index (κ3) is 2.55. The Morgan fingerprint density at radius 2 is 1.82 bits per heavy atom. The van der Waals surface area contributed by atoms with Crippen LogP contribution in [-0.4, -0.2) is 33.7 Å². The second kappa shape index (κ2) is 4.91. The van der Waals surface area contributed by atoms with Crippen molar-refractivity contribution in [2.24, 2.45) is 0 Å². The molecule has 1 amide bonds. The first kappa shape index (κ1) is 16.7. The minimum atomic E-state index is -4.89. The second-order valence-electron chi connectivity index (χ2n) is 5.86. The molecule has 8 heteroatoms. The molecular weight excluding hydrogens is 309 g/mol. The number of nitrogens with zero attached hydrogens (tertiary/aromatic N) is 1. The Morgan fingerprint density at radius 3 is 2.27 bits per heavy atom. The highest BCUT2D eigenvalue weighted by Crippen LogP contribution is 2.38. The number of benzene rings is 1. The fourth-order valence-corrected chi connectivity index (χ4v) is 2.81. The number of amides is 1. The van der Waals surface area contributed by atoms with Gasteiger partial charge in [-0.05, 0) is 32.4 Å². The van der Waals surface area contributed by atoms with Gasteiger partial charge in [-0.25, -0.2) is 8.78 Å². The Hall–Kier alpha value is -1.70. The number of carbonyl (C=O) groups is 1. The van der Waals surface area contributed by atoms with Gasteiger partial charge in [0.1, 0.15) is 0 Å². The molecule has 1 aromatic rings. The van der Waals surface area contributed by atoms with Crippen LogP contribution in [0.2, 0.25) is 0 Å². The molecule has 1 heterocycles. The number of hydrogen-bond acceptors (Lipinski definition) is 2. The summed E-state index contributed by atoms with van der Waals surface area (Å²) in [7, 11) is 0. The molecule has 122 valence electrons. The maximum Gasteiger partial charge on any atom is 0.411 e. The summed E-state index contributed by atoms with van der Waals surface area (Å²) < 4.78 is 66.6. The van der Waals surface area contributed by atoms with Gasteiger partial charge in [-0.2, -0.15) is 13.2 Å².